The predicted molar refractivity (Wildman–Crippen MR) is 92.8 cm³/mol. The lowest BCUT2D eigenvalue weighted by Crippen LogP contribution is -2.48. The highest BCUT2D eigenvalue weighted by molar-refractivity contribution is 5.73. The Hall–Kier alpha value is -2.70. The molecule has 126 valence electrons. The summed E-state index contributed by atoms with van der Waals surface area (Å²) in [6.07, 6.45) is 1.68. The maximum absolute atomic E-state index is 11.4. The van der Waals surface area contributed by atoms with Crippen LogP contribution in [0.3, 0.4) is 0 Å². The van der Waals surface area contributed by atoms with Crippen molar-refractivity contribution in [2.45, 2.75) is 13.5 Å². The van der Waals surface area contributed by atoms with Crippen molar-refractivity contribution in [1.82, 2.24) is 20.1 Å². The van der Waals surface area contributed by atoms with E-state index >= 15 is 0 Å². The van der Waals surface area contributed by atoms with Crippen LogP contribution in [0.4, 0.5) is 11.8 Å². The molecular weight excluding hydrogens is 304 g/mol. The van der Waals surface area contributed by atoms with Gasteiger partial charge < -0.3 is 14.7 Å². The minimum absolute atomic E-state index is 0.124. The van der Waals surface area contributed by atoms with Crippen molar-refractivity contribution in [3.05, 3.63) is 42.1 Å². The molecule has 0 atom stereocenters. The van der Waals surface area contributed by atoms with Gasteiger partial charge in [0.25, 0.3) is 0 Å². The summed E-state index contributed by atoms with van der Waals surface area (Å²) in [5, 5.41) is 8.25. The van der Waals surface area contributed by atoms with Gasteiger partial charge in [0.15, 0.2) is 5.82 Å². The smallest absolute Gasteiger partial charge is 0.247 e. The molecular formula is C17H22N6O. The SMILES string of the molecule is CC(=O)N1CCN(c2cnnc(N(C)Cc3ccccc3)n2)CC1. The minimum Gasteiger partial charge on any atom is -0.352 e. The van der Waals surface area contributed by atoms with Crippen LogP contribution in [0.25, 0.3) is 0 Å². The molecule has 1 aliphatic rings. The molecule has 24 heavy (non-hydrogen) atoms. The fourth-order valence-corrected chi connectivity index (χ4v) is 2.78. The van der Waals surface area contributed by atoms with E-state index in [9.17, 15) is 4.79 Å². The van der Waals surface area contributed by atoms with Crippen molar-refractivity contribution in [3.63, 3.8) is 0 Å². The monoisotopic (exact) mass is 326 g/mol. The molecule has 1 fully saturated rings. The number of amides is 1. The zero-order valence-electron chi connectivity index (χ0n) is 14.1. The van der Waals surface area contributed by atoms with Gasteiger partial charge in [0.2, 0.25) is 11.9 Å². The summed E-state index contributed by atoms with van der Waals surface area (Å²) in [6, 6.07) is 10.2. The largest absolute Gasteiger partial charge is 0.352 e. The lowest BCUT2D eigenvalue weighted by Gasteiger charge is -2.34. The Morgan fingerprint density at radius 3 is 2.54 bits per heavy atom. The minimum atomic E-state index is 0.124. The summed E-state index contributed by atoms with van der Waals surface area (Å²) >= 11 is 0. The van der Waals surface area contributed by atoms with Gasteiger partial charge in [-0.15, -0.1) is 5.10 Å². The number of carbonyl (C=O) groups excluding carboxylic acids is 1. The van der Waals surface area contributed by atoms with Crippen molar-refractivity contribution in [3.8, 4) is 0 Å². The van der Waals surface area contributed by atoms with Gasteiger partial charge in [-0.05, 0) is 5.56 Å². The van der Waals surface area contributed by atoms with E-state index in [1.165, 1.54) is 5.56 Å². The molecule has 0 radical (unpaired) electrons. The Morgan fingerprint density at radius 2 is 1.88 bits per heavy atom. The molecule has 1 aromatic heterocycles. The van der Waals surface area contributed by atoms with Gasteiger partial charge in [-0.25, -0.2) is 0 Å². The van der Waals surface area contributed by atoms with Crippen molar-refractivity contribution >= 4 is 17.7 Å². The molecule has 0 aliphatic carbocycles. The van der Waals surface area contributed by atoms with Crippen LogP contribution in [0, 0.1) is 0 Å². The van der Waals surface area contributed by atoms with Gasteiger partial charge in [-0.1, -0.05) is 30.3 Å². The van der Waals surface area contributed by atoms with Crippen LogP contribution < -0.4 is 9.80 Å². The molecule has 1 aromatic carbocycles. The first-order chi connectivity index (χ1) is 11.6. The Balaban J connectivity index is 1.67. The topological polar surface area (TPSA) is 65.5 Å². The molecule has 0 unspecified atom stereocenters. The lowest BCUT2D eigenvalue weighted by molar-refractivity contribution is -0.129. The summed E-state index contributed by atoms with van der Waals surface area (Å²) in [5.74, 6) is 1.53. The average molecular weight is 326 g/mol. The fourth-order valence-electron chi connectivity index (χ4n) is 2.78. The van der Waals surface area contributed by atoms with Crippen LogP contribution >= 0.6 is 0 Å². The maximum atomic E-state index is 11.4. The first kappa shape index (κ1) is 16.2. The normalized spacial score (nSPS) is 14.6. The Bertz CT molecular complexity index is 684. The zero-order valence-corrected chi connectivity index (χ0v) is 14.1. The van der Waals surface area contributed by atoms with E-state index in [4.69, 9.17) is 0 Å². The number of rotatable bonds is 4. The quantitative estimate of drug-likeness (QED) is 0.840. The van der Waals surface area contributed by atoms with Crippen LogP contribution in [-0.4, -0.2) is 59.2 Å². The van der Waals surface area contributed by atoms with Crippen LogP contribution in [0.1, 0.15) is 12.5 Å². The molecule has 0 N–H and O–H groups in total. The third-order valence-electron chi connectivity index (χ3n) is 4.19. The molecule has 7 heteroatoms. The highest BCUT2D eigenvalue weighted by Crippen LogP contribution is 2.16. The van der Waals surface area contributed by atoms with Crippen LogP contribution in [0.2, 0.25) is 0 Å². The van der Waals surface area contributed by atoms with Gasteiger partial charge in [0.1, 0.15) is 0 Å². The van der Waals surface area contributed by atoms with Gasteiger partial charge >= 0.3 is 0 Å². The third-order valence-corrected chi connectivity index (χ3v) is 4.19. The molecule has 1 aliphatic heterocycles. The van der Waals surface area contributed by atoms with E-state index in [1.807, 2.05) is 35.0 Å². The Kier molecular flexibility index (Phi) is 4.88. The molecule has 1 saturated heterocycles. The van der Waals surface area contributed by atoms with E-state index in [0.717, 1.165) is 25.5 Å². The number of aromatic nitrogens is 3. The fraction of sp³-hybridized carbons (Fsp3) is 0.412. The second-order valence-electron chi connectivity index (χ2n) is 5.95. The number of piperazine rings is 1. The maximum Gasteiger partial charge on any atom is 0.247 e. The molecule has 3 rings (SSSR count). The van der Waals surface area contributed by atoms with Crippen LogP contribution in [0.5, 0.6) is 0 Å². The third kappa shape index (κ3) is 3.79. The van der Waals surface area contributed by atoms with E-state index in [2.05, 4.69) is 32.2 Å². The van der Waals surface area contributed by atoms with Crippen molar-refractivity contribution < 1.29 is 4.79 Å². The number of anilines is 2. The number of hydrogen-bond donors (Lipinski definition) is 0. The zero-order chi connectivity index (χ0) is 16.9. The highest BCUT2D eigenvalue weighted by Gasteiger charge is 2.20. The summed E-state index contributed by atoms with van der Waals surface area (Å²) in [6.45, 7) is 5.30. The summed E-state index contributed by atoms with van der Waals surface area (Å²) in [5.41, 5.74) is 1.20. The standard InChI is InChI=1S/C17H22N6O/c1-14(24)22-8-10-23(11-9-22)16-12-18-20-17(19-16)21(2)13-15-6-4-3-5-7-15/h3-7,12H,8-11,13H2,1-2H3. The average Bonchev–Trinajstić information content (AvgIpc) is 2.63. The first-order valence-electron chi connectivity index (χ1n) is 8.09. The van der Waals surface area contributed by atoms with Gasteiger partial charge in [0.05, 0.1) is 6.20 Å². The molecule has 7 nitrogen and oxygen atoms in total. The molecule has 1 amide bonds. The predicted octanol–water partition coefficient (Wildman–Crippen LogP) is 1.18. The number of benzene rings is 1. The summed E-state index contributed by atoms with van der Waals surface area (Å²) in [7, 11) is 1.96. The molecule has 0 saturated carbocycles. The number of carbonyl (C=O) groups is 1. The van der Waals surface area contributed by atoms with Gasteiger partial charge in [-0.2, -0.15) is 10.1 Å². The van der Waals surface area contributed by atoms with Gasteiger partial charge in [0, 0.05) is 46.7 Å². The molecule has 0 bridgehead atoms. The Labute approximate surface area is 141 Å². The molecule has 0 spiro atoms. The van der Waals surface area contributed by atoms with Crippen molar-refractivity contribution in [2.75, 3.05) is 43.0 Å². The van der Waals surface area contributed by atoms with E-state index in [1.54, 1.807) is 13.1 Å². The van der Waals surface area contributed by atoms with E-state index < -0.39 is 0 Å². The Morgan fingerprint density at radius 1 is 1.17 bits per heavy atom. The number of hydrogen-bond acceptors (Lipinski definition) is 6. The first-order valence-corrected chi connectivity index (χ1v) is 8.09. The summed E-state index contributed by atoms with van der Waals surface area (Å²) in [4.78, 5) is 22.0. The van der Waals surface area contributed by atoms with E-state index in [0.29, 0.717) is 19.0 Å². The highest BCUT2D eigenvalue weighted by atomic mass is 16.2. The second kappa shape index (κ2) is 7.25. The van der Waals surface area contributed by atoms with Crippen molar-refractivity contribution in [2.24, 2.45) is 0 Å². The summed E-state index contributed by atoms with van der Waals surface area (Å²) < 4.78 is 0. The van der Waals surface area contributed by atoms with Crippen LogP contribution in [0.15, 0.2) is 36.5 Å². The van der Waals surface area contributed by atoms with E-state index in [-0.39, 0.29) is 5.91 Å². The number of nitrogens with zero attached hydrogens (tertiary/aromatic N) is 6. The van der Waals surface area contributed by atoms with Gasteiger partial charge in [-0.3, -0.25) is 4.79 Å². The van der Waals surface area contributed by atoms with Crippen LogP contribution in [-0.2, 0) is 11.3 Å². The molecule has 2 heterocycles. The molecule has 2 aromatic rings. The lowest BCUT2D eigenvalue weighted by atomic mass is 10.2. The second-order valence-corrected chi connectivity index (χ2v) is 5.95. The van der Waals surface area contributed by atoms with Crippen molar-refractivity contribution in [1.29, 1.82) is 0 Å².